The van der Waals surface area contributed by atoms with Gasteiger partial charge in [0.2, 0.25) is 0 Å². The number of ether oxygens (including phenoxy) is 1. The first-order chi connectivity index (χ1) is 11.2. The molecule has 4 heterocycles. The molecule has 3 aromatic rings. The van der Waals surface area contributed by atoms with Gasteiger partial charge in [0.15, 0.2) is 11.9 Å². The van der Waals surface area contributed by atoms with Crippen molar-refractivity contribution in [2.75, 3.05) is 6.61 Å². The predicted octanol–water partition coefficient (Wildman–Crippen LogP) is -0.567. The third-order valence-corrected chi connectivity index (χ3v) is 4.00. The van der Waals surface area contributed by atoms with E-state index in [1.807, 2.05) is 12.1 Å². The van der Waals surface area contributed by atoms with E-state index in [2.05, 4.69) is 19.9 Å². The molecule has 4 rings (SSSR count). The molecule has 0 bridgehead atoms. The third-order valence-electron chi connectivity index (χ3n) is 4.00. The Morgan fingerprint density at radius 3 is 2.78 bits per heavy atom. The first kappa shape index (κ1) is 14.3. The highest BCUT2D eigenvalue weighted by molar-refractivity contribution is 5.85. The smallest absolute Gasteiger partial charge is 0.166 e. The third kappa shape index (κ3) is 2.13. The van der Waals surface area contributed by atoms with Crippen LogP contribution in [0.25, 0.3) is 22.6 Å². The number of nitrogens with one attached hydrogen (secondary N) is 1. The molecule has 1 saturated heterocycles. The Hall–Kier alpha value is -2.33. The molecule has 0 aromatic carbocycles. The van der Waals surface area contributed by atoms with Crippen LogP contribution < -0.4 is 0 Å². The molecule has 1 aliphatic rings. The van der Waals surface area contributed by atoms with Crippen molar-refractivity contribution >= 4 is 11.2 Å². The maximum atomic E-state index is 10.2. The van der Waals surface area contributed by atoms with Crippen molar-refractivity contribution in [3.8, 4) is 11.4 Å². The van der Waals surface area contributed by atoms with E-state index in [1.165, 1.54) is 17.2 Å². The summed E-state index contributed by atoms with van der Waals surface area (Å²) in [5.41, 5.74) is 2.45. The molecule has 1 fully saturated rings. The van der Waals surface area contributed by atoms with Crippen molar-refractivity contribution in [3.05, 3.63) is 31.0 Å². The molecule has 3 aromatic heterocycles. The largest absolute Gasteiger partial charge is 0.394 e. The average molecular weight is 317 g/mol. The van der Waals surface area contributed by atoms with E-state index in [-0.39, 0.29) is 6.61 Å². The fourth-order valence-corrected chi connectivity index (χ4v) is 2.82. The van der Waals surface area contributed by atoms with Crippen molar-refractivity contribution < 1.29 is 20.1 Å². The van der Waals surface area contributed by atoms with Crippen LogP contribution in [0.1, 0.15) is 6.23 Å². The van der Waals surface area contributed by atoms with Gasteiger partial charge >= 0.3 is 0 Å². The van der Waals surface area contributed by atoms with Crippen molar-refractivity contribution in [2.24, 2.45) is 0 Å². The zero-order valence-electron chi connectivity index (χ0n) is 11.9. The summed E-state index contributed by atoms with van der Waals surface area (Å²) < 4.78 is 7.06. The second kappa shape index (κ2) is 5.39. The van der Waals surface area contributed by atoms with Gasteiger partial charge in [0.1, 0.15) is 35.8 Å². The first-order valence-electron chi connectivity index (χ1n) is 7.14. The maximum Gasteiger partial charge on any atom is 0.166 e. The number of rotatable bonds is 3. The van der Waals surface area contributed by atoms with Gasteiger partial charge in [-0.2, -0.15) is 0 Å². The van der Waals surface area contributed by atoms with E-state index in [4.69, 9.17) is 4.74 Å². The normalized spacial score (nSPS) is 27.8. The van der Waals surface area contributed by atoms with Crippen molar-refractivity contribution in [1.29, 1.82) is 0 Å². The molecule has 4 atom stereocenters. The molecule has 0 aliphatic carbocycles. The summed E-state index contributed by atoms with van der Waals surface area (Å²) in [6, 6.07) is 3.72. The second-order valence-corrected chi connectivity index (χ2v) is 5.36. The molecule has 0 spiro atoms. The van der Waals surface area contributed by atoms with Crippen molar-refractivity contribution in [3.63, 3.8) is 0 Å². The average Bonchev–Trinajstić information content (AvgIpc) is 3.28. The number of aromatic nitrogens is 5. The number of hydrogen-bond acceptors (Lipinski definition) is 7. The summed E-state index contributed by atoms with van der Waals surface area (Å²) in [6.45, 7) is -0.385. The highest BCUT2D eigenvalue weighted by Gasteiger charge is 2.44. The van der Waals surface area contributed by atoms with Crippen LogP contribution in [0.2, 0.25) is 0 Å². The molecule has 120 valence electrons. The number of aromatic amines is 1. The van der Waals surface area contributed by atoms with Crippen molar-refractivity contribution in [1.82, 2.24) is 24.5 Å². The van der Waals surface area contributed by atoms with Crippen LogP contribution in [0.5, 0.6) is 0 Å². The standard InChI is InChI=1S/C14H15N5O4/c20-4-8-11(21)12(22)14(23-8)19-6-18-10-9(7-2-1-3-15-7)16-5-17-13(10)19/h1-3,5-6,8,11-12,14-15,20-22H,4H2/t8-,11-,12-,14-/m1/s1. The Morgan fingerprint density at radius 2 is 2.09 bits per heavy atom. The van der Waals surface area contributed by atoms with E-state index in [1.54, 1.807) is 6.20 Å². The quantitative estimate of drug-likeness (QED) is 0.509. The zero-order valence-corrected chi connectivity index (χ0v) is 11.9. The molecule has 9 heteroatoms. The van der Waals surface area contributed by atoms with Gasteiger partial charge in [0.05, 0.1) is 18.6 Å². The lowest BCUT2D eigenvalue weighted by molar-refractivity contribution is -0.0511. The van der Waals surface area contributed by atoms with Gasteiger partial charge in [-0.15, -0.1) is 0 Å². The van der Waals surface area contributed by atoms with E-state index >= 15 is 0 Å². The Kier molecular flexibility index (Phi) is 3.34. The lowest BCUT2D eigenvalue weighted by atomic mass is 10.1. The minimum atomic E-state index is -1.19. The van der Waals surface area contributed by atoms with Crippen LogP contribution in [-0.4, -0.2) is 64.7 Å². The monoisotopic (exact) mass is 317 g/mol. The molecule has 4 N–H and O–H groups in total. The summed E-state index contributed by atoms with van der Waals surface area (Å²) in [5.74, 6) is 0. The molecule has 0 unspecified atom stereocenters. The van der Waals surface area contributed by atoms with Gasteiger partial charge in [-0.3, -0.25) is 4.57 Å². The van der Waals surface area contributed by atoms with Crippen LogP contribution in [0.4, 0.5) is 0 Å². The highest BCUT2D eigenvalue weighted by Crippen LogP contribution is 2.32. The molecule has 1 aliphatic heterocycles. The van der Waals surface area contributed by atoms with E-state index in [9.17, 15) is 15.3 Å². The molecule has 0 saturated carbocycles. The summed E-state index contributed by atoms with van der Waals surface area (Å²) in [6.07, 6.45) is 0.576. The predicted molar refractivity (Wildman–Crippen MR) is 78.1 cm³/mol. The van der Waals surface area contributed by atoms with E-state index < -0.39 is 24.5 Å². The number of hydrogen-bond donors (Lipinski definition) is 4. The number of H-pyrrole nitrogens is 1. The van der Waals surface area contributed by atoms with Gasteiger partial charge in [-0.25, -0.2) is 15.0 Å². The number of imidazole rings is 1. The van der Waals surface area contributed by atoms with Gasteiger partial charge < -0.3 is 25.0 Å². The minimum Gasteiger partial charge on any atom is -0.394 e. The Labute approximate surface area is 130 Å². The van der Waals surface area contributed by atoms with Crippen LogP contribution in [0.3, 0.4) is 0 Å². The van der Waals surface area contributed by atoms with Gasteiger partial charge in [-0.05, 0) is 12.1 Å². The van der Waals surface area contributed by atoms with Gasteiger partial charge in [0.25, 0.3) is 0 Å². The fraction of sp³-hybridized carbons (Fsp3) is 0.357. The van der Waals surface area contributed by atoms with Crippen molar-refractivity contribution in [2.45, 2.75) is 24.5 Å². The summed E-state index contributed by atoms with van der Waals surface area (Å²) in [4.78, 5) is 15.8. The minimum absolute atomic E-state index is 0.385. The highest BCUT2D eigenvalue weighted by atomic mass is 16.6. The summed E-state index contributed by atoms with van der Waals surface area (Å²) >= 11 is 0. The summed E-state index contributed by atoms with van der Waals surface area (Å²) in [7, 11) is 0. The lowest BCUT2D eigenvalue weighted by Gasteiger charge is -2.16. The maximum absolute atomic E-state index is 10.2. The Morgan fingerprint density at radius 1 is 1.22 bits per heavy atom. The number of aliphatic hydroxyl groups excluding tert-OH is 3. The van der Waals surface area contributed by atoms with E-state index in [0.717, 1.165) is 5.69 Å². The second-order valence-electron chi connectivity index (χ2n) is 5.36. The molecule has 0 radical (unpaired) electrons. The number of aliphatic hydroxyl groups is 3. The van der Waals surface area contributed by atoms with Crippen LogP contribution in [0, 0.1) is 0 Å². The van der Waals surface area contributed by atoms with Crippen LogP contribution in [-0.2, 0) is 4.74 Å². The first-order valence-corrected chi connectivity index (χ1v) is 7.14. The van der Waals surface area contributed by atoms with E-state index in [0.29, 0.717) is 16.9 Å². The number of fused-ring (bicyclic) bond motifs is 1. The zero-order chi connectivity index (χ0) is 16.0. The number of nitrogens with zero attached hydrogens (tertiary/aromatic N) is 4. The lowest BCUT2D eigenvalue weighted by Crippen LogP contribution is -2.33. The molecular weight excluding hydrogens is 302 g/mol. The Bertz CT molecular complexity index is 818. The molecule has 23 heavy (non-hydrogen) atoms. The Balaban J connectivity index is 1.80. The summed E-state index contributed by atoms with van der Waals surface area (Å²) in [5, 5.41) is 29.3. The molecule has 9 nitrogen and oxygen atoms in total. The van der Waals surface area contributed by atoms with Gasteiger partial charge in [-0.1, -0.05) is 0 Å². The topological polar surface area (TPSA) is 129 Å². The molecule has 0 amide bonds. The van der Waals surface area contributed by atoms with Crippen LogP contribution in [0.15, 0.2) is 31.0 Å². The van der Waals surface area contributed by atoms with Crippen LogP contribution >= 0.6 is 0 Å². The molecular formula is C14H15N5O4. The van der Waals surface area contributed by atoms with Gasteiger partial charge in [0, 0.05) is 6.20 Å². The fourth-order valence-electron chi connectivity index (χ4n) is 2.82. The SMILES string of the molecule is OC[C@H]1O[C@@H](n2cnc3c(-c4ccc[nH]4)ncnc32)[C@H](O)[C@@H]1O.